The van der Waals surface area contributed by atoms with Crippen LogP contribution in [-0.4, -0.2) is 26.8 Å². The summed E-state index contributed by atoms with van der Waals surface area (Å²) in [5.41, 5.74) is 1.04. The molecule has 0 saturated heterocycles. The van der Waals surface area contributed by atoms with E-state index in [1.54, 1.807) is 12.1 Å². The highest BCUT2D eigenvalue weighted by Crippen LogP contribution is 2.15. The number of rotatable bonds is 3. The quantitative estimate of drug-likeness (QED) is 0.757. The Bertz CT molecular complexity index is 494. The van der Waals surface area contributed by atoms with Crippen molar-refractivity contribution in [2.45, 2.75) is 6.42 Å². The van der Waals surface area contributed by atoms with Crippen LogP contribution in [-0.2, 0) is 6.42 Å². The summed E-state index contributed by atoms with van der Waals surface area (Å²) in [5.74, 6) is 0.764. The molecule has 0 atom stereocenters. The number of nitrogens with one attached hydrogen (secondary N) is 1. The minimum Gasteiger partial charge on any atom is -0.396 e. The van der Waals surface area contributed by atoms with Crippen LogP contribution in [0.5, 0.6) is 0 Å². The molecule has 2 rings (SSSR count). The molecule has 2 aromatic rings. The van der Waals surface area contributed by atoms with Crippen LogP contribution in [0, 0.1) is 11.3 Å². The monoisotopic (exact) mass is 204 g/mol. The zero-order valence-electron chi connectivity index (χ0n) is 7.77. The van der Waals surface area contributed by atoms with E-state index < -0.39 is 0 Å². The summed E-state index contributed by atoms with van der Waals surface area (Å²) in [5, 5.41) is 20.9. The van der Waals surface area contributed by atoms with Crippen molar-refractivity contribution in [3.63, 3.8) is 0 Å². The topological polar surface area (TPSA) is 98.7 Å². The Morgan fingerprint density at radius 1 is 1.53 bits per heavy atom. The molecule has 6 nitrogen and oxygen atoms in total. The molecule has 0 fully saturated rings. The highest BCUT2D eigenvalue weighted by Gasteiger charge is 2.09. The largest absolute Gasteiger partial charge is 0.396 e. The molecule has 0 aromatic carbocycles. The normalized spacial score (nSPS) is 10.1. The molecule has 0 saturated carbocycles. The van der Waals surface area contributed by atoms with Gasteiger partial charge in [-0.3, -0.25) is 0 Å². The molecule has 0 radical (unpaired) electrons. The third-order valence-corrected chi connectivity index (χ3v) is 1.84. The molecule has 2 aromatic heterocycles. The summed E-state index contributed by atoms with van der Waals surface area (Å²) in [6.45, 7) is -0.0207. The maximum atomic E-state index is 8.67. The van der Waals surface area contributed by atoms with Crippen molar-refractivity contribution in [3.8, 4) is 17.7 Å². The van der Waals surface area contributed by atoms with Crippen LogP contribution in [0.4, 0.5) is 0 Å². The molecule has 0 spiro atoms. The van der Waals surface area contributed by atoms with Gasteiger partial charge < -0.3 is 14.6 Å². The Morgan fingerprint density at radius 2 is 2.40 bits per heavy atom. The Kier molecular flexibility index (Phi) is 2.48. The molecular weight excluding hydrogens is 196 g/mol. The molecule has 0 amide bonds. The SMILES string of the molecule is N#Cc1ccc(-c2nc(CCO)no2)[nH]1. The number of aromatic amines is 1. The number of hydrogen-bond acceptors (Lipinski definition) is 5. The Labute approximate surface area is 85.2 Å². The van der Waals surface area contributed by atoms with Gasteiger partial charge in [0.15, 0.2) is 5.82 Å². The third kappa shape index (κ3) is 1.87. The van der Waals surface area contributed by atoms with Crippen LogP contribution < -0.4 is 0 Å². The van der Waals surface area contributed by atoms with Crippen molar-refractivity contribution in [2.75, 3.05) is 6.61 Å². The van der Waals surface area contributed by atoms with Gasteiger partial charge in [-0.1, -0.05) is 5.16 Å². The van der Waals surface area contributed by atoms with Crippen molar-refractivity contribution in [1.29, 1.82) is 5.26 Å². The fraction of sp³-hybridized carbons (Fsp3) is 0.222. The van der Waals surface area contributed by atoms with Gasteiger partial charge in [-0.15, -0.1) is 0 Å². The predicted molar refractivity (Wildman–Crippen MR) is 49.6 cm³/mol. The molecule has 2 N–H and O–H groups in total. The Balaban J connectivity index is 2.25. The zero-order valence-corrected chi connectivity index (χ0v) is 7.77. The molecule has 76 valence electrons. The van der Waals surface area contributed by atoms with E-state index in [2.05, 4.69) is 15.1 Å². The van der Waals surface area contributed by atoms with Gasteiger partial charge in [0.2, 0.25) is 0 Å². The summed E-state index contributed by atoms with van der Waals surface area (Å²) in [6, 6.07) is 5.28. The smallest absolute Gasteiger partial charge is 0.274 e. The van der Waals surface area contributed by atoms with Gasteiger partial charge in [0, 0.05) is 6.42 Å². The second-order valence-electron chi connectivity index (χ2n) is 2.89. The lowest BCUT2D eigenvalue weighted by molar-refractivity contribution is 0.293. The molecule has 2 heterocycles. The van der Waals surface area contributed by atoms with Crippen LogP contribution in [0.3, 0.4) is 0 Å². The number of nitriles is 1. The van der Waals surface area contributed by atoms with Crippen molar-refractivity contribution in [1.82, 2.24) is 15.1 Å². The first-order valence-electron chi connectivity index (χ1n) is 4.36. The maximum Gasteiger partial charge on any atom is 0.274 e. The number of aliphatic hydroxyl groups is 1. The van der Waals surface area contributed by atoms with Crippen molar-refractivity contribution >= 4 is 0 Å². The summed E-state index contributed by atoms with van der Waals surface area (Å²) >= 11 is 0. The molecule has 6 heteroatoms. The third-order valence-electron chi connectivity index (χ3n) is 1.84. The van der Waals surface area contributed by atoms with Gasteiger partial charge in [-0.05, 0) is 12.1 Å². The van der Waals surface area contributed by atoms with Gasteiger partial charge in [-0.2, -0.15) is 10.2 Å². The number of aromatic nitrogens is 3. The van der Waals surface area contributed by atoms with E-state index in [4.69, 9.17) is 14.9 Å². The lowest BCUT2D eigenvalue weighted by Gasteiger charge is -1.85. The number of H-pyrrole nitrogens is 1. The van der Waals surface area contributed by atoms with Gasteiger partial charge in [0.05, 0.1) is 6.61 Å². The van der Waals surface area contributed by atoms with Crippen LogP contribution >= 0.6 is 0 Å². The standard InChI is InChI=1S/C9H8N4O2/c10-5-6-1-2-7(11-6)9-12-8(3-4-14)13-15-9/h1-2,11,14H,3-4H2. The minimum atomic E-state index is -0.0207. The highest BCUT2D eigenvalue weighted by molar-refractivity contribution is 5.49. The maximum absolute atomic E-state index is 8.67. The fourth-order valence-corrected chi connectivity index (χ4v) is 1.15. The predicted octanol–water partition coefficient (Wildman–Crippen LogP) is 0.471. The molecule has 0 aliphatic carbocycles. The number of nitrogens with zero attached hydrogens (tertiary/aromatic N) is 3. The first-order valence-corrected chi connectivity index (χ1v) is 4.36. The van der Waals surface area contributed by atoms with E-state index >= 15 is 0 Å². The second-order valence-corrected chi connectivity index (χ2v) is 2.89. The Morgan fingerprint density at radius 3 is 3.07 bits per heavy atom. The van der Waals surface area contributed by atoms with Gasteiger partial charge >= 0.3 is 0 Å². The fourth-order valence-electron chi connectivity index (χ4n) is 1.15. The highest BCUT2D eigenvalue weighted by atomic mass is 16.5. The van der Waals surface area contributed by atoms with Crippen LogP contribution in [0.2, 0.25) is 0 Å². The molecule has 0 bridgehead atoms. The Hall–Kier alpha value is -2.13. The molecule has 0 unspecified atom stereocenters. The van der Waals surface area contributed by atoms with Gasteiger partial charge in [0.1, 0.15) is 17.5 Å². The van der Waals surface area contributed by atoms with Crippen LogP contribution in [0.25, 0.3) is 11.6 Å². The lowest BCUT2D eigenvalue weighted by atomic mass is 10.4. The summed E-state index contributed by atoms with van der Waals surface area (Å²) in [6.07, 6.45) is 0.356. The summed E-state index contributed by atoms with van der Waals surface area (Å²) in [4.78, 5) is 6.85. The molecule has 0 aliphatic rings. The minimum absolute atomic E-state index is 0.0207. The van der Waals surface area contributed by atoms with E-state index in [1.807, 2.05) is 6.07 Å². The van der Waals surface area contributed by atoms with E-state index in [9.17, 15) is 0 Å². The van der Waals surface area contributed by atoms with Crippen LogP contribution in [0.1, 0.15) is 11.5 Å². The average Bonchev–Trinajstić information content (AvgIpc) is 2.85. The lowest BCUT2D eigenvalue weighted by Crippen LogP contribution is -1.92. The van der Waals surface area contributed by atoms with Crippen molar-refractivity contribution in [3.05, 3.63) is 23.7 Å². The first kappa shape index (κ1) is 9.43. The van der Waals surface area contributed by atoms with Gasteiger partial charge in [0.25, 0.3) is 5.89 Å². The molecular formula is C9H8N4O2. The van der Waals surface area contributed by atoms with Crippen LogP contribution in [0.15, 0.2) is 16.7 Å². The molecule has 0 aliphatic heterocycles. The zero-order chi connectivity index (χ0) is 10.7. The average molecular weight is 204 g/mol. The van der Waals surface area contributed by atoms with E-state index in [0.717, 1.165) is 0 Å². The van der Waals surface area contributed by atoms with Crippen molar-refractivity contribution < 1.29 is 9.63 Å². The number of aliphatic hydroxyl groups excluding tert-OH is 1. The van der Waals surface area contributed by atoms with E-state index in [0.29, 0.717) is 29.5 Å². The van der Waals surface area contributed by atoms with E-state index in [-0.39, 0.29) is 6.61 Å². The first-order chi connectivity index (χ1) is 7.33. The summed E-state index contributed by atoms with van der Waals surface area (Å²) < 4.78 is 4.95. The molecule has 15 heavy (non-hydrogen) atoms. The van der Waals surface area contributed by atoms with E-state index in [1.165, 1.54) is 0 Å². The summed E-state index contributed by atoms with van der Waals surface area (Å²) in [7, 11) is 0. The van der Waals surface area contributed by atoms with Gasteiger partial charge in [-0.25, -0.2) is 0 Å². The number of hydrogen-bond donors (Lipinski definition) is 2. The second kappa shape index (κ2) is 3.94. The van der Waals surface area contributed by atoms with Crippen molar-refractivity contribution in [2.24, 2.45) is 0 Å².